The van der Waals surface area contributed by atoms with Crippen molar-refractivity contribution in [3.05, 3.63) is 28.0 Å². The van der Waals surface area contributed by atoms with Crippen LogP contribution in [0.25, 0.3) is 0 Å². The number of aliphatic hydroxyl groups is 1. The van der Waals surface area contributed by atoms with Gasteiger partial charge in [-0.2, -0.15) is 0 Å². The molecule has 0 aliphatic rings. The van der Waals surface area contributed by atoms with Crippen LogP contribution in [0.2, 0.25) is 10.0 Å². The van der Waals surface area contributed by atoms with Crippen molar-refractivity contribution in [2.45, 2.75) is 10.9 Å². The summed E-state index contributed by atoms with van der Waals surface area (Å²) in [6.45, 7) is -0.510. The predicted octanol–water partition coefficient (Wildman–Crippen LogP) is 1.42. The van der Waals surface area contributed by atoms with Gasteiger partial charge in [0.05, 0.1) is 29.3 Å². The molecule has 0 aromatic heterocycles. The van der Waals surface area contributed by atoms with Crippen LogP contribution in [0.15, 0.2) is 17.0 Å². The van der Waals surface area contributed by atoms with Crippen LogP contribution in [0.1, 0.15) is 0 Å². The number of sulfonamides is 1. The zero-order valence-electron chi connectivity index (χ0n) is 9.86. The van der Waals surface area contributed by atoms with Gasteiger partial charge in [0.25, 0.3) is 0 Å². The van der Waals surface area contributed by atoms with E-state index >= 15 is 0 Å². The molecule has 0 amide bonds. The summed E-state index contributed by atoms with van der Waals surface area (Å²) in [4.78, 5) is -0.453. The van der Waals surface area contributed by atoms with E-state index in [0.29, 0.717) is 0 Å². The third-order valence-electron chi connectivity index (χ3n) is 2.20. The fraction of sp³-hybridized carbons (Fsp3) is 0.400. The van der Waals surface area contributed by atoms with Gasteiger partial charge >= 0.3 is 0 Å². The number of hydrogen-bond donors (Lipinski definition) is 2. The number of halogens is 3. The molecule has 0 spiro atoms. The average Bonchev–Trinajstić information content (AvgIpc) is 2.34. The minimum atomic E-state index is -4.08. The van der Waals surface area contributed by atoms with Crippen LogP contribution in [0.4, 0.5) is 4.39 Å². The van der Waals surface area contributed by atoms with Gasteiger partial charge in [0.15, 0.2) is 5.82 Å². The first-order valence-corrected chi connectivity index (χ1v) is 7.33. The van der Waals surface area contributed by atoms with E-state index in [1.165, 1.54) is 7.11 Å². The molecule has 1 rings (SSSR count). The number of nitrogens with one attached hydrogen (secondary N) is 1. The number of ether oxygens (including phenoxy) is 1. The van der Waals surface area contributed by atoms with Crippen LogP contribution < -0.4 is 4.72 Å². The monoisotopic (exact) mass is 331 g/mol. The molecule has 5 nitrogen and oxygen atoms in total. The van der Waals surface area contributed by atoms with Gasteiger partial charge in [-0.3, -0.25) is 0 Å². The molecular formula is C10H12Cl2FNO4S. The van der Waals surface area contributed by atoms with Gasteiger partial charge in [0.1, 0.15) is 4.90 Å². The molecular weight excluding hydrogens is 320 g/mol. The zero-order chi connectivity index (χ0) is 14.6. The normalized spacial score (nSPS) is 13.5. The van der Waals surface area contributed by atoms with Crippen LogP contribution in [0.5, 0.6) is 0 Å². The lowest BCUT2D eigenvalue weighted by Crippen LogP contribution is -2.40. The van der Waals surface area contributed by atoms with Crippen molar-refractivity contribution < 1.29 is 22.7 Å². The quantitative estimate of drug-likeness (QED) is 0.773. The van der Waals surface area contributed by atoms with Crippen molar-refractivity contribution in [3.8, 4) is 0 Å². The lowest BCUT2D eigenvalue weighted by molar-refractivity contribution is 0.139. The summed E-state index contributed by atoms with van der Waals surface area (Å²) in [6, 6.07) is 1.31. The van der Waals surface area contributed by atoms with Crippen molar-refractivity contribution in [1.29, 1.82) is 0 Å². The second kappa shape index (κ2) is 6.83. The molecule has 1 atom stereocenters. The number of aliphatic hydroxyl groups excluding tert-OH is 1. The topological polar surface area (TPSA) is 75.6 Å². The summed E-state index contributed by atoms with van der Waals surface area (Å²) >= 11 is 11.1. The molecule has 19 heavy (non-hydrogen) atoms. The van der Waals surface area contributed by atoms with Crippen LogP contribution in [-0.4, -0.2) is 39.9 Å². The van der Waals surface area contributed by atoms with Crippen molar-refractivity contribution >= 4 is 33.2 Å². The number of benzene rings is 1. The highest BCUT2D eigenvalue weighted by Gasteiger charge is 2.24. The molecule has 1 aromatic carbocycles. The first-order chi connectivity index (χ1) is 8.83. The molecule has 2 N–H and O–H groups in total. The Morgan fingerprint density at radius 3 is 2.63 bits per heavy atom. The second-order valence-corrected chi connectivity index (χ2v) is 6.10. The largest absolute Gasteiger partial charge is 0.395 e. The molecule has 0 aliphatic heterocycles. The first kappa shape index (κ1) is 16.6. The molecule has 1 unspecified atom stereocenters. The number of hydrogen-bond acceptors (Lipinski definition) is 4. The van der Waals surface area contributed by atoms with Gasteiger partial charge in [-0.1, -0.05) is 23.2 Å². The van der Waals surface area contributed by atoms with Crippen molar-refractivity contribution in [1.82, 2.24) is 4.72 Å². The van der Waals surface area contributed by atoms with Gasteiger partial charge < -0.3 is 9.84 Å². The lowest BCUT2D eigenvalue weighted by Gasteiger charge is -2.16. The van der Waals surface area contributed by atoms with Crippen LogP contribution in [-0.2, 0) is 14.8 Å². The third-order valence-corrected chi connectivity index (χ3v) is 4.54. The number of methoxy groups -OCH3 is 1. The second-order valence-electron chi connectivity index (χ2n) is 3.63. The van der Waals surface area contributed by atoms with E-state index in [9.17, 15) is 12.8 Å². The maximum atomic E-state index is 13.5. The van der Waals surface area contributed by atoms with Crippen LogP contribution in [0, 0.1) is 5.82 Å². The molecule has 108 valence electrons. The minimum absolute atomic E-state index is 0.0383. The van der Waals surface area contributed by atoms with Gasteiger partial charge in [-0.05, 0) is 12.1 Å². The van der Waals surface area contributed by atoms with Crippen LogP contribution >= 0.6 is 23.2 Å². The van der Waals surface area contributed by atoms with E-state index in [-0.39, 0.29) is 11.6 Å². The summed E-state index contributed by atoms with van der Waals surface area (Å²) in [5.41, 5.74) is 0. The summed E-state index contributed by atoms with van der Waals surface area (Å²) in [7, 11) is -2.73. The van der Waals surface area contributed by atoms with Crippen LogP contribution in [0.3, 0.4) is 0 Å². The lowest BCUT2D eigenvalue weighted by atomic mass is 10.3. The van der Waals surface area contributed by atoms with Gasteiger partial charge in [0.2, 0.25) is 10.0 Å². The SMILES string of the molecule is COCC(CO)NS(=O)(=O)c1ccc(Cl)c(F)c1Cl. The molecule has 0 radical (unpaired) electrons. The van der Waals surface area contributed by atoms with E-state index < -0.39 is 38.4 Å². The number of rotatable bonds is 6. The maximum Gasteiger partial charge on any atom is 0.242 e. The van der Waals surface area contributed by atoms with E-state index in [1.54, 1.807) is 0 Å². The Morgan fingerprint density at radius 1 is 1.47 bits per heavy atom. The maximum absolute atomic E-state index is 13.5. The Hall–Kier alpha value is -0.440. The van der Waals surface area contributed by atoms with E-state index in [4.69, 9.17) is 33.0 Å². The Bertz CT molecular complexity index is 553. The van der Waals surface area contributed by atoms with Gasteiger partial charge in [-0.25, -0.2) is 17.5 Å². The molecule has 0 aliphatic carbocycles. The zero-order valence-corrected chi connectivity index (χ0v) is 12.2. The standard InChI is InChI=1S/C10H12Cl2FNO4S/c1-18-5-6(4-15)14-19(16,17)8-3-2-7(11)10(13)9(8)12/h2-3,6,14-15H,4-5H2,1H3. The van der Waals surface area contributed by atoms with E-state index in [0.717, 1.165) is 12.1 Å². The van der Waals surface area contributed by atoms with Crippen molar-refractivity contribution in [2.75, 3.05) is 20.3 Å². The molecule has 0 fully saturated rings. The highest BCUT2D eigenvalue weighted by atomic mass is 35.5. The van der Waals surface area contributed by atoms with Gasteiger partial charge in [-0.15, -0.1) is 0 Å². The Morgan fingerprint density at radius 2 is 2.11 bits per heavy atom. The Labute approximate surface area is 120 Å². The smallest absolute Gasteiger partial charge is 0.242 e. The molecule has 0 saturated carbocycles. The molecule has 9 heteroatoms. The predicted molar refractivity (Wildman–Crippen MR) is 69.5 cm³/mol. The molecule has 0 saturated heterocycles. The summed E-state index contributed by atoms with van der Waals surface area (Å²) < 4.78 is 44.3. The molecule has 1 aromatic rings. The third kappa shape index (κ3) is 4.01. The average molecular weight is 332 g/mol. The summed E-state index contributed by atoms with van der Waals surface area (Å²) in [6.07, 6.45) is 0. The minimum Gasteiger partial charge on any atom is -0.395 e. The first-order valence-electron chi connectivity index (χ1n) is 5.09. The summed E-state index contributed by atoms with van der Waals surface area (Å²) in [5.74, 6) is -1.02. The molecule has 0 heterocycles. The van der Waals surface area contributed by atoms with E-state index in [2.05, 4.69) is 4.72 Å². The van der Waals surface area contributed by atoms with Crippen molar-refractivity contribution in [2.24, 2.45) is 0 Å². The highest BCUT2D eigenvalue weighted by Crippen LogP contribution is 2.29. The summed E-state index contributed by atoms with van der Waals surface area (Å²) in [5, 5.41) is 8.12. The fourth-order valence-electron chi connectivity index (χ4n) is 1.32. The van der Waals surface area contributed by atoms with E-state index in [1.807, 2.05) is 0 Å². The Kier molecular flexibility index (Phi) is 5.97. The van der Waals surface area contributed by atoms with Gasteiger partial charge in [0, 0.05) is 7.11 Å². The molecule has 0 bridgehead atoms. The highest BCUT2D eigenvalue weighted by molar-refractivity contribution is 7.89. The Balaban J connectivity index is 3.10. The van der Waals surface area contributed by atoms with Crippen molar-refractivity contribution in [3.63, 3.8) is 0 Å². The fourth-order valence-corrected chi connectivity index (χ4v) is 3.28.